The lowest BCUT2D eigenvalue weighted by atomic mass is 9.84. The van der Waals surface area contributed by atoms with Gasteiger partial charge in [0, 0.05) is 5.92 Å². The molecule has 0 heterocycles. The highest BCUT2D eigenvalue weighted by molar-refractivity contribution is 5.50. The predicted octanol–water partition coefficient (Wildman–Crippen LogP) is 5.89. The highest BCUT2D eigenvalue weighted by Crippen LogP contribution is 2.31. The molecular formula is C24H28O. The van der Waals surface area contributed by atoms with Crippen molar-refractivity contribution in [3.05, 3.63) is 89.0 Å². The molecule has 0 aromatic heterocycles. The molecule has 2 atom stereocenters. The Kier molecular flexibility index (Phi) is 6.25. The lowest BCUT2D eigenvalue weighted by molar-refractivity contribution is 0.282. The van der Waals surface area contributed by atoms with Crippen molar-refractivity contribution in [3.8, 4) is 0 Å². The average Bonchev–Trinajstić information content (AvgIpc) is 2.68. The second kappa shape index (κ2) is 8.82. The van der Waals surface area contributed by atoms with Crippen LogP contribution < -0.4 is 0 Å². The maximum absolute atomic E-state index is 9.15. The van der Waals surface area contributed by atoms with E-state index in [9.17, 15) is 0 Å². The number of aliphatic hydroxyl groups is 1. The number of rotatable bonds is 6. The van der Waals surface area contributed by atoms with Crippen molar-refractivity contribution in [1.82, 2.24) is 0 Å². The summed E-state index contributed by atoms with van der Waals surface area (Å²) in [5, 5.41) is 9.15. The third kappa shape index (κ3) is 4.93. The van der Waals surface area contributed by atoms with Crippen LogP contribution in [0.3, 0.4) is 0 Å². The zero-order valence-corrected chi connectivity index (χ0v) is 15.1. The van der Waals surface area contributed by atoms with Gasteiger partial charge in [0.15, 0.2) is 0 Å². The van der Waals surface area contributed by atoms with Crippen molar-refractivity contribution in [1.29, 1.82) is 0 Å². The smallest absolute Gasteiger partial charge is 0.0681 e. The lowest BCUT2D eigenvalue weighted by Crippen LogP contribution is -2.05. The summed E-state index contributed by atoms with van der Waals surface area (Å²) >= 11 is 0. The molecule has 1 aliphatic carbocycles. The van der Waals surface area contributed by atoms with Gasteiger partial charge in [-0.25, -0.2) is 0 Å². The first-order chi connectivity index (χ1) is 12.3. The molecule has 25 heavy (non-hydrogen) atoms. The first-order valence-electron chi connectivity index (χ1n) is 9.43. The average molecular weight is 332 g/mol. The maximum atomic E-state index is 9.15. The first kappa shape index (κ1) is 17.7. The second-order valence-electron chi connectivity index (χ2n) is 6.98. The Balaban J connectivity index is 1.58. The minimum absolute atomic E-state index is 0.118. The fraction of sp³-hybridized carbons (Fsp3) is 0.333. The van der Waals surface area contributed by atoms with E-state index in [2.05, 4.69) is 67.6 Å². The summed E-state index contributed by atoms with van der Waals surface area (Å²) in [6.45, 7) is 2.34. The summed E-state index contributed by atoms with van der Waals surface area (Å²) in [6, 6.07) is 17.3. The molecule has 0 radical (unpaired) electrons. The van der Waals surface area contributed by atoms with Crippen LogP contribution in [0, 0.1) is 5.92 Å². The van der Waals surface area contributed by atoms with Gasteiger partial charge < -0.3 is 5.11 Å². The topological polar surface area (TPSA) is 20.2 Å². The van der Waals surface area contributed by atoms with Crippen molar-refractivity contribution in [2.75, 3.05) is 0 Å². The summed E-state index contributed by atoms with van der Waals surface area (Å²) in [5.74, 6) is 1.04. The van der Waals surface area contributed by atoms with Gasteiger partial charge in [-0.1, -0.05) is 86.2 Å². The van der Waals surface area contributed by atoms with E-state index in [1.165, 1.54) is 36.0 Å². The Hall–Kier alpha value is -2.12. The van der Waals surface area contributed by atoms with Gasteiger partial charge in [-0.05, 0) is 47.4 Å². The maximum Gasteiger partial charge on any atom is 0.0681 e. The van der Waals surface area contributed by atoms with Crippen LogP contribution in [-0.2, 0) is 13.0 Å². The van der Waals surface area contributed by atoms with E-state index in [1.54, 1.807) is 0 Å². The molecule has 3 rings (SSSR count). The van der Waals surface area contributed by atoms with Gasteiger partial charge in [0.2, 0.25) is 0 Å². The molecule has 0 aliphatic heterocycles. The summed E-state index contributed by atoms with van der Waals surface area (Å²) in [7, 11) is 0. The molecule has 0 saturated carbocycles. The molecular weight excluding hydrogens is 304 g/mol. The Morgan fingerprint density at radius 3 is 2.24 bits per heavy atom. The van der Waals surface area contributed by atoms with Crippen LogP contribution >= 0.6 is 0 Å². The van der Waals surface area contributed by atoms with Crippen LogP contribution in [0.15, 0.2) is 66.8 Å². The van der Waals surface area contributed by atoms with Crippen molar-refractivity contribution in [2.45, 2.75) is 45.1 Å². The predicted molar refractivity (Wildman–Crippen MR) is 106 cm³/mol. The fourth-order valence-electron chi connectivity index (χ4n) is 3.47. The van der Waals surface area contributed by atoms with Crippen molar-refractivity contribution in [3.63, 3.8) is 0 Å². The van der Waals surface area contributed by atoms with Crippen LogP contribution in [0.1, 0.15) is 54.4 Å². The van der Waals surface area contributed by atoms with Gasteiger partial charge in [0.1, 0.15) is 0 Å². The molecule has 1 aliphatic rings. The van der Waals surface area contributed by atoms with Crippen molar-refractivity contribution < 1.29 is 5.11 Å². The second-order valence-corrected chi connectivity index (χ2v) is 6.98. The molecule has 2 aromatic carbocycles. The van der Waals surface area contributed by atoms with E-state index in [-0.39, 0.29) is 6.61 Å². The molecule has 1 N–H and O–H groups in total. The van der Waals surface area contributed by atoms with E-state index in [4.69, 9.17) is 5.11 Å². The number of hydrogen-bond acceptors (Lipinski definition) is 1. The molecule has 2 unspecified atom stereocenters. The van der Waals surface area contributed by atoms with E-state index < -0.39 is 0 Å². The highest BCUT2D eigenvalue weighted by Gasteiger charge is 2.15. The van der Waals surface area contributed by atoms with Gasteiger partial charge >= 0.3 is 0 Å². The minimum Gasteiger partial charge on any atom is -0.392 e. The number of hydrogen-bond donors (Lipinski definition) is 1. The zero-order chi connectivity index (χ0) is 17.5. The van der Waals surface area contributed by atoms with Crippen LogP contribution in [0.25, 0.3) is 6.08 Å². The Bertz CT molecular complexity index is 707. The van der Waals surface area contributed by atoms with E-state index in [1.807, 2.05) is 12.1 Å². The largest absolute Gasteiger partial charge is 0.392 e. The zero-order valence-electron chi connectivity index (χ0n) is 15.1. The summed E-state index contributed by atoms with van der Waals surface area (Å²) in [4.78, 5) is 0. The molecule has 0 fully saturated rings. The van der Waals surface area contributed by atoms with E-state index >= 15 is 0 Å². The summed E-state index contributed by atoms with van der Waals surface area (Å²) < 4.78 is 0. The van der Waals surface area contributed by atoms with Gasteiger partial charge in [-0.15, -0.1) is 0 Å². The molecule has 0 saturated heterocycles. The SMILES string of the molecule is CCCc1ccc(/C=C/C2C=CC(c3ccc(CO)cc3)CC2)cc1. The highest BCUT2D eigenvalue weighted by atomic mass is 16.3. The van der Waals surface area contributed by atoms with Gasteiger partial charge in [-0.3, -0.25) is 0 Å². The number of benzene rings is 2. The van der Waals surface area contributed by atoms with Crippen molar-refractivity contribution in [2.24, 2.45) is 5.92 Å². The van der Waals surface area contributed by atoms with Gasteiger partial charge in [0.25, 0.3) is 0 Å². The molecule has 2 aromatic rings. The third-order valence-electron chi connectivity index (χ3n) is 5.05. The summed E-state index contributed by atoms with van der Waals surface area (Å²) in [6.07, 6.45) is 14.0. The number of aliphatic hydroxyl groups excluding tert-OH is 1. The monoisotopic (exact) mass is 332 g/mol. The van der Waals surface area contributed by atoms with E-state index in [0.29, 0.717) is 11.8 Å². The standard InChI is InChI=1S/C24H28O/c1-2-3-19-4-6-20(7-5-19)8-9-21-10-14-23(15-11-21)24-16-12-22(18-25)13-17-24/h4-10,12-14,16-17,21,23,25H,2-3,11,15,18H2,1H3/b9-8+. The quantitative estimate of drug-likeness (QED) is 0.653. The normalized spacial score (nSPS) is 20.2. The van der Waals surface area contributed by atoms with Crippen LogP contribution in [0.2, 0.25) is 0 Å². The third-order valence-corrected chi connectivity index (χ3v) is 5.05. The molecule has 0 spiro atoms. The minimum atomic E-state index is 0.118. The van der Waals surface area contributed by atoms with Gasteiger partial charge in [-0.2, -0.15) is 0 Å². The molecule has 1 heteroatoms. The molecule has 0 bridgehead atoms. The lowest BCUT2D eigenvalue weighted by Gasteiger charge is -2.21. The Labute approximate surface area is 151 Å². The molecule has 1 nitrogen and oxygen atoms in total. The molecule has 0 amide bonds. The van der Waals surface area contributed by atoms with Gasteiger partial charge in [0.05, 0.1) is 6.61 Å². The molecule has 130 valence electrons. The summed E-state index contributed by atoms with van der Waals surface area (Å²) in [5.41, 5.74) is 5.04. The number of aryl methyl sites for hydroxylation is 1. The van der Waals surface area contributed by atoms with Crippen LogP contribution in [0.4, 0.5) is 0 Å². The fourth-order valence-corrected chi connectivity index (χ4v) is 3.47. The van der Waals surface area contributed by atoms with Crippen LogP contribution in [0.5, 0.6) is 0 Å². The van der Waals surface area contributed by atoms with E-state index in [0.717, 1.165) is 12.0 Å². The van der Waals surface area contributed by atoms with Crippen molar-refractivity contribution >= 4 is 6.08 Å². The number of allylic oxidation sites excluding steroid dienone is 3. The first-order valence-corrected chi connectivity index (χ1v) is 9.43. The Morgan fingerprint density at radius 2 is 1.64 bits per heavy atom. The van der Waals surface area contributed by atoms with Crippen LogP contribution in [-0.4, -0.2) is 5.11 Å². The Morgan fingerprint density at radius 1 is 0.920 bits per heavy atom.